The predicted molar refractivity (Wildman–Crippen MR) is 95.2 cm³/mol. The van der Waals surface area contributed by atoms with Crippen molar-refractivity contribution < 1.29 is 0 Å². The first-order valence-corrected chi connectivity index (χ1v) is 7.51. The molecule has 0 bridgehead atoms. The van der Waals surface area contributed by atoms with Crippen LogP contribution in [-0.2, 0) is 6.54 Å². The second-order valence-electron chi connectivity index (χ2n) is 5.24. The van der Waals surface area contributed by atoms with Crippen LogP contribution in [0, 0.1) is 0 Å². The van der Waals surface area contributed by atoms with E-state index >= 15 is 0 Å². The number of hydrogen-bond acceptors (Lipinski definition) is 2. The van der Waals surface area contributed by atoms with Crippen LogP contribution in [0.4, 0.5) is 11.4 Å². The van der Waals surface area contributed by atoms with Crippen LogP contribution in [-0.4, -0.2) is 7.05 Å². The summed E-state index contributed by atoms with van der Waals surface area (Å²) < 4.78 is 0. The fourth-order valence-electron chi connectivity index (χ4n) is 2.40. The Morgan fingerprint density at radius 3 is 1.86 bits per heavy atom. The average molecular weight is 288 g/mol. The van der Waals surface area contributed by atoms with Gasteiger partial charge >= 0.3 is 0 Å². The topological polar surface area (TPSA) is 24.1 Å². The van der Waals surface area contributed by atoms with E-state index in [1.165, 1.54) is 16.7 Å². The van der Waals surface area contributed by atoms with Gasteiger partial charge in [0.15, 0.2) is 0 Å². The third-order valence-electron chi connectivity index (χ3n) is 3.73. The van der Waals surface area contributed by atoms with Crippen LogP contribution in [0.25, 0.3) is 11.1 Å². The molecule has 0 fully saturated rings. The SMILES string of the molecule is CNc1ccc(CNc2ccc(-c3ccccc3)cc2)cc1. The molecule has 0 atom stereocenters. The molecule has 3 rings (SSSR count). The molecule has 0 aliphatic carbocycles. The van der Waals surface area contributed by atoms with E-state index in [-0.39, 0.29) is 0 Å². The number of nitrogens with one attached hydrogen (secondary N) is 2. The fraction of sp³-hybridized carbons (Fsp3) is 0.100. The molecular weight excluding hydrogens is 268 g/mol. The van der Waals surface area contributed by atoms with Gasteiger partial charge in [-0.05, 0) is 41.0 Å². The molecule has 22 heavy (non-hydrogen) atoms. The predicted octanol–water partition coefficient (Wildman–Crippen LogP) is 5.01. The van der Waals surface area contributed by atoms with Gasteiger partial charge in [-0.15, -0.1) is 0 Å². The summed E-state index contributed by atoms with van der Waals surface area (Å²) in [6, 6.07) is 27.5. The molecule has 0 radical (unpaired) electrons. The molecule has 0 aromatic heterocycles. The molecule has 2 heteroatoms. The highest BCUT2D eigenvalue weighted by molar-refractivity contribution is 5.65. The Bertz CT molecular complexity index is 701. The van der Waals surface area contributed by atoms with Crippen molar-refractivity contribution in [2.75, 3.05) is 17.7 Å². The van der Waals surface area contributed by atoms with Gasteiger partial charge in [0, 0.05) is 25.0 Å². The van der Waals surface area contributed by atoms with Crippen molar-refractivity contribution in [2.45, 2.75) is 6.54 Å². The maximum atomic E-state index is 3.46. The van der Waals surface area contributed by atoms with Crippen molar-refractivity contribution >= 4 is 11.4 Å². The van der Waals surface area contributed by atoms with E-state index in [4.69, 9.17) is 0 Å². The van der Waals surface area contributed by atoms with Crippen LogP contribution < -0.4 is 10.6 Å². The maximum absolute atomic E-state index is 3.46. The third kappa shape index (κ3) is 3.47. The summed E-state index contributed by atoms with van der Waals surface area (Å²) in [5.74, 6) is 0. The highest BCUT2D eigenvalue weighted by Crippen LogP contribution is 2.21. The van der Waals surface area contributed by atoms with E-state index in [2.05, 4.69) is 83.4 Å². The molecule has 2 N–H and O–H groups in total. The maximum Gasteiger partial charge on any atom is 0.0400 e. The zero-order valence-corrected chi connectivity index (χ0v) is 12.7. The standard InChI is InChI=1S/C20H20N2/c1-21-19-11-7-16(8-12-19)15-22-20-13-9-18(10-14-20)17-5-3-2-4-6-17/h2-14,21-22H,15H2,1H3. The number of rotatable bonds is 5. The van der Waals surface area contributed by atoms with Gasteiger partial charge in [-0.3, -0.25) is 0 Å². The minimum absolute atomic E-state index is 0.828. The molecule has 0 spiro atoms. The molecule has 3 aromatic carbocycles. The summed E-state index contributed by atoms with van der Waals surface area (Å²) in [5.41, 5.74) is 6.03. The zero-order chi connectivity index (χ0) is 15.2. The first-order chi connectivity index (χ1) is 10.8. The highest BCUT2D eigenvalue weighted by Gasteiger charge is 1.98. The van der Waals surface area contributed by atoms with Gasteiger partial charge in [0.25, 0.3) is 0 Å². The van der Waals surface area contributed by atoms with Crippen LogP contribution in [0.5, 0.6) is 0 Å². The summed E-state index contributed by atoms with van der Waals surface area (Å²) in [7, 11) is 1.93. The lowest BCUT2D eigenvalue weighted by molar-refractivity contribution is 1.15. The van der Waals surface area contributed by atoms with E-state index in [0.29, 0.717) is 0 Å². The van der Waals surface area contributed by atoms with Crippen LogP contribution in [0.1, 0.15) is 5.56 Å². The van der Waals surface area contributed by atoms with Crippen LogP contribution in [0.15, 0.2) is 78.9 Å². The molecule has 0 saturated heterocycles. The van der Waals surface area contributed by atoms with Gasteiger partial charge < -0.3 is 10.6 Å². The van der Waals surface area contributed by atoms with Crippen molar-refractivity contribution in [2.24, 2.45) is 0 Å². The minimum atomic E-state index is 0.828. The van der Waals surface area contributed by atoms with Gasteiger partial charge in [0.2, 0.25) is 0 Å². The van der Waals surface area contributed by atoms with Crippen molar-refractivity contribution in [1.29, 1.82) is 0 Å². The van der Waals surface area contributed by atoms with Gasteiger partial charge in [-0.1, -0.05) is 54.6 Å². The Morgan fingerprint density at radius 1 is 0.636 bits per heavy atom. The Kier molecular flexibility index (Phi) is 4.40. The highest BCUT2D eigenvalue weighted by atomic mass is 14.9. The first kappa shape index (κ1) is 14.2. The Hall–Kier alpha value is -2.74. The van der Waals surface area contributed by atoms with E-state index < -0.39 is 0 Å². The van der Waals surface area contributed by atoms with Crippen LogP contribution in [0.2, 0.25) is 0 Å². The summed E-state index contributed by atoms with van der Waals surface area (Å²) in [6.07, 6.45) is 0. The van der Waals surface area contributed by atoms with Crippen molar-refractivity contribution in [3.8, 4) is 11.1 Å². The van der Waals surface area contributed by atoms with E-state index in [0.717, 1.165) is 17.9 Å². The zero-order valence-electron chi connectivity index (χ0n) is 12.7. The molecule has 0 aliphatic rings. The second kappa shape index (κ2) is 6.81. The first-order valence-electron chi connectivity index (χ1n) is 7.51. The smallest absolute Gasteiger partial charge is 0.0400 e. The van der Waals surface area contributed by atoms with E-state index in [1.807, 2.05) is 13.1 Å². The van der Waals surface area contributed by atoms with Gasteiger partial charge in [0.05, 0.1) is 0 Å². The lowest BCUT2D eigenvalue weighted by Crippen LogP contribution is -1.99. The summed E-state index contributed by atoms with van der Waals surface area (Å²) in [5, 5.41) is 6.59. The molecule has 0 heterocycles. The average Bonchev–Trinajstić information content (AvgIpc) is 2.61. The largest absolute Gasteiger partial charge is 0.388 e. The van der Waals surface area contributed by atoms with Gasteiger partial charge in [0.1, 0.15) is 0 Å². The Balaban J connectivity index is 1.63. The lowest BCUT2D eigenvalue weighted by Gasteiger charge is -2.09. The van der Waals surface area contributed by atoms with E-state index in [9.17, 15) is 0 Å². The second-order valence-corrected chi connectivity index (χ2v) is 5.24. The Labute approximate surface area is 131 Å². The fourth-order valence-corrected chi connectivity index (χ4v) is 2.40. The molecule has 0 unspecified atom stereocenters. The quantitative estimate of drug-likeness (QED) is 0.689. The Morgan fingerprint density at radius 2 is 1.23 bits per heavy atom. The normalized spacial score (nSPS) is 10.2. The molecule has 110 valence electrons. The van der Waals surface area contributed by atoms with Crippen LogP contribution in [0.3, 0.4) is 0 Å². The van der Waals surface area contributed by atoms with Gasteiger partial charge in [-0.25, -0.2) is 0 Å². The molecule has 0 amide bonds. The monoisotopic (exact) mass is 288 g/mol. The summed E-state index contributed by atoms with van der Waals surface area (Å²) in [4.78, 5) is 0. The van der Waals surface area contributed by atoms with Crippen molar-refractivity contribution in [3.63, 3.8) is 0 Å². The molecule has 0 saturated carbocycles. The lowest BCUT2D eigenvalue weighted by atomic mass is 10.1. The molecule has 2 nitrogen and oxygen atoms in total. The third-order valence-corrected chi connectivity index (χ3v) is 3.73. The molecule has 3 aromatic rings. The minimum Gasteiger partial charge on any atom is -0.388 e. The number of hydrogen-bond donors (Lipinski definition) is 2. The van der Waals surface area contributed by atoms with Crippen molar-refractivity contribution in [1.82, 2.24) is 0 Å². The molecule has 0 aliphatic heterocycles. The molecular formula is C20H20N2. The van der Waals surface area contributed by atoms with Gasteiger partial charge in [-0.2, -0.15) is 0 Å². The summed E-state index contributed by atoms with van der Waals surface area (Å²) >= 11 is 0. The van der Waals surface area contributed by atoms with Crippen molar-refractivity contribution in [3.05, 3.63) is 84.4 Å². The number of anilines is 2. The van der Waals surface area contributed by atoms with Crippen LogP contribution >= 0.6 is 0 Å². The van der Waals surface area contributed by atoms with E-state index in [1.54, 1.807) is 0 Å². The summed E-state index contributed by atoms with van der Waals surface area (Å²) in [6.45, 7) is 0.828. The number of benzene rings is 3.